The Labute approximate surface area is 165 Å². The molecule has 3 rings (SSSR count). The number of furan rings is 1. The van der Waals surface area contributed by atoms with E-state index < -0.39 is 11.8 Å². The summed E-state index contributed by atoms with van der Waals surface area (Å²) in [4.78, 5) is 41.2. The molecule has 0 radical (unpaired) electrons. The number of benzene rings is 1. The molecule has 146 valence electrons. The fraction of sp³-hybridized carbons (Fsp3) is 0.263. The molecule has 2 amide bonds. The Morgan fingerprint density at radius 1 is 1.18 bits per heavy atom. The maximum atomic E-state index is 12.8. The minimum Gasteiger partial charge on any atom is -0.459 e. The second-order valence-electron chi connectivity index (χ2n) is 6.49. The third-order valence-corrected chi connectivity index (χ3v) is 4.74. The van der Waals surface area contributed by atoms with Gasteiger partial charge in [0.2, 0.25) is 5.91 Å². The van der Waals surface area contributed by atoms with Crippen molar-refractivity contribution in [2.24, 2.45) is 5.92 Å². The Balaban J connectivity index is 1.71. The molecule has 0 bridgehead atoms. The molecule has 0 saturated carbocycles. The maximum absolute atomic E-state index is 12.8. The molecule has 0 aliphatic carbocycles. The second kappa shape index (κ2) is 8.75. The largest absolute Gasteiger partial charge is 0.459 e. The molecule has 0 unspecified atom stereocenters. The van der Waals surface area contributed by atoms with Gasteiger partial charge in [0, 0.05) is 6.54 Å². The van der Waals surface area contributed by atoms with Gasteiger partial charge in [0.15, 0.2) is 10.9 Å². The Hall–Kier alpha value is -3.07. The first kappa shape index (κ1) is 19.7. The first-order valence-corrected chi connectivity index (χ1v) is 9.69. The molecule has 0 atom stereocenters. The van der Waals surface area contributed by atoms with E-state index in [0.717, 1.165) is 11.8 Å². The van der Waals surface area contributed by atoms with Crippen LogP contribution >= 0.6 is 11.8 Å². The monoisotopic (exact) mass is 400 g/mol. The summed E-state index contributed by atoms with van der Waals surface area (Å²) < 4.78 is 6.54. The van der Waals surface area contributed by atoms with Crippen molar-refractivity contribution in [2.45, 2.75) is 25.5 Å². The van der Waals surface area contributed by atoms with Crippen molar-refractivity contribution >= 4 is 34.5 Å². The Kier molecular flexibility index (Phi) is 6.15. The highest BCUT2D eigenvalue weighted by atomic mass is 32.2. The number of carbonyl (C=O) groups excluding carboxylic acids is 2. The molecule has 0 fully saturated rings. The number of amides is 2. The lowest BCUT2D eigenvalue weighted by Gasteiger charge is -2.14. The fourth-order valence-corrected chi connectivity index (χ4v) is 3.35. The van der Waals surface area contributed by atoms with Gasteiger partial charge in [-0.15, -0.1) is 0 Å². The highest BCUT2D eigenvalue weighted by Crippen LogP contribution is 2.18. The summed E-state index contributed by atoms with van der Waals surface area (Å²) in [6.45, 7) is 4.51. The van der Waals surface area contributed by atoms with Gasteiger partial charge in [-0.25, -0.2) is 4.98 Å². The summed E-state index contributed by atoms with van der Waals surface area (Å²) in [5.41, 5.74) is 5.05. The molecular weight excluding hydrogens is 380 g/mol. The van der Waals surface area contributed by atoms with Gasteiger partial charge in [0.25, 0.3) is 5.56 Å². The van der Waals surface area contributed by atoms with Gasteiger partial charge in [-0.3, -0.25) is 29.8 Å². The number of para-hydroxylation sites is 1. The average molecular weight is 400 g/mol. The summed E-state index contributed by atoms with van der Waals surface area (Å²) in [7, 11) is 0. The van der Waals surface area contributed by atoms with E-state index in [1.807, 2.05) is 19.9 Å². The van der Waals surface area contributed by atoms with E-state index in [0.29, 0.717) is 22.6 Å². The van der Waals surface area contributed by atoms with E-state index in [1.54, 1.807) is 28.8 Å². The van der Waals surface area contributed by atoms with Crippen LogP contribution in [-0.4, -0.2) is 27.1 Å². The van der Waals surface area contributed by atoms with Gasteiger partial charge < -0.3 is 4.42 Å². The van der Waals surface area contributed by atoms with Crippen LogP contribution in [0, 0.1) is 5.92 Å². The van der Waals surface area contributed by atoms with Crippen molar-refractivity contribution in [3.05, 3.63) is 58.8 Å². The van der Waals surface area contributed by atoms with E-state index in [4.69, 9.17) is 4.42 Å². The normalized spacial score (nSPS) is 11.0. The smallest absolute Gasteiger partial charge is 0.305 e. The molecule has 9 heteroatoms. The third kappa shape index (κ3) is 4.61. The quantitative estimate of drug-likeness (QED) is 0.373. The van der Waals surface area contributed by atoms with Crippen molar-refractivity contribution < 1.29 is 14.0 Å². The average Bonchev–Trinajstić information content (AvgIpc) is 3.21. The lowest BCUT2D eigenvalue weighted by molar-refractivity contribution is -0.119. The van der Waals surface area contributed by atoms with Gasteiger partial charge in [-0.05, 0) is 30.2 Å². The van der Waals surface area contributed by atoms with Crippen LogP contribution in [0.3, 0.4) is 0 Å². The summed E-state index contributed by atoms with van der Waals surface area (Å²) in [5.74, 6) is -0.662. The van der Waals surface area contributed by atoms with Crippen LogP contribution in [0.4, 0.5) is 0 Å². The van der Waals surface area contributed by atoms with E-state index >= 15 is 0 Å². The number of aromatic nitrogens is 2. The van der Waals surface area contributed by atoms with Crippen LogP contribution in [0.25, 0.3) is 10.9 Å². The molecule has 0 spiro atoms. The molecule has 2 aromatic heterocycles. The van der Waals surface area contributed by atoms with Crippen LogP contribution in [0.2, 0.25) is 0 Å². The van der Waals surface area contributed by atoms with Crippen molar-refractivity contribution in [1.82, 2.24) is 20.4 Å². The predicted octanol–water partition coefficient (Wildman–Crippen LogP) is 2.20. The van der Waals surface area contributed by atoms with Gasteiger partial charge in [-0.2, -0.15) is 0 Å². The number of nitrogens with one attached hydrogen (secondary N) is 2. The van der Waals surface area contributed by atoms with Crippen LogP contribution in [0.15, 0.2) is 57.0 Å². The van der Waals surface area contributed by atoms with Gasteiger partial charge >= 0.3 is 5.91 Å². The topological polar surface area (TPSA) is 106 Å². The van der Waals surface area contributed by atoms with Crippen molar-refractivity contribution in [3.8, 4) is 0 Å². The van der Waals surface area contributed by atoms with Crippen molar-refractivity contribution in [1.29, 1.82) is 0 Å². The molecule has 1 aromatic carbocycles. The number of nitrogens with zero attached hydrogens (tertiary/aromatic N) is 2. The number of thioether (sulfide) groups is 1. The molecule has 0 aliphatic heterocycles. The first-order chi connectivity index (χ1) is 13.5. The number of hydrogen-bond donors (Lipinski definition) is 2. The fourth-order valence-electron chi connectivity index (χ4n) is 2.55. The Morgan fingerprint density at radius 3 is 2.68 bits per heavy atom. The summed E-state index contributed by atoms with van der Waals surface area (Å²) >= 11 is 1.14. The molecule has 28 heavy (non-hydrogen) atoms. The number of rotatable bonds is 6. The molecule has 0 saturated heterocycles. The summed E-state index contributed by atoms with van der Waals surface area (Å²) in [6.07, 6.45) is 1.37. The Bertz CT molecular complexity index is 1040. The minimum absolute atomic E-state index is 0.0126. The highest BCUT2D eigenvalue weighted by Gasteiger charge is 2.15. The Morgan fingerprint density at radius 2 is 1.96 bits per heavy atom. The van der Waals surface area contributed by atoms with Crippen molar-refractivity contribution in [2.75, 3.05) is 5.75 Å². The van der Waals surface area contributed by atoms with Crippen LogP contribution in [0.5, 0.6) is 0 Å². The molecule has 0 aliphatic rings. The number of hydrogen-bond acceptors (Lipinski definition) is 6. The first-order valence-electron chi connectivity index (χ1n) is 8.70. The van der Waals surface area contributed by atoms with E-state index in [1.165, 1.54) is 12.3 Å². The molecule has 2 N–H and O–H groups in total. The standard InChI is InChI=1S/C19H20N4O4S/c1-12(2)10-23-18(26)13-6-3-4-7-14(13)20-19(23)28-11-16(24)21-22-17(25)15-8-5-9-27-15/h3-9,12H,10-11H2,1-2H3,(H,21,24)(H,22,25). The van der Waals surface area contributed by atoms with Crippen molar-refractivity contribution in [3.63, 3.8) is 0 Å². The molecule has 8 nitrogen and oxygen atoms in total. The lowest BCUT2D eigenvalue weighted by Crippen LogP contribution is -2.42. The highest BCUT2D eigenvalue weighted by molar-refractivity contribution is 7.99. The van der Waals surface area contributed by atoms with Gasteiger partial charge in [0.1, 0.15) is 0 Å². The molecule has 2 heterocycles. The number of fused-ring (bicyclic) bond motifs is 1. The van der Waals surface area contributed by atoms with E-state index in [9.17, 15) is 14.4 Å². The summed E-state index contributed by atoms with van der Waals surface area (Å²) in [5, 5.41) is 1.01. The number of hydrazine groups is 1. The third-order valence-electron chi connectivity index (χ3n) is 3.77. The SMILES string of the molecule is CC(C)Cn1c(SCC(=O)NNC(=O)c2ccco2)nc2ccccc2c1=O. The minimum atomic E-state index is -0.552. The zero-order valence-electron chi connectivity index (χ0n) is 15.5. The van der Waals surface area contributed by atoms with Crippen LogP contribution < -0.4 is 16.4 Å². The van der Waals surface area contributed by atoms with Crippen LogP contribution in [-0.2, 0) is 11.3 Å². The van der Waals surface area contributed by atoms with E-state index in [-0.39, 0.29) is 23.0 Å². The van der Waals surface area contributed by atoms with Gasteiger partial charge in [0.05, 0.1) is 22.9 Å². The maximum Gasteiger partial charge on any atom is 0.305 e. The van der Waals surface area contributed by atoms with Gasteiger partial charge in [-0.1, -0.05) is 37.7 Å². The van der Waals surface area contributed by atoms with Crippen LogP contribution in [0.1, 0.15) is 24.4 Å². The molecular formula is C19H20N4O4S. The molecule has 3 aromatic rings. The zero-order chi connectivity index (χ0) is 20.1. The second-order valence-corrected chi connectivity index (χ2v) is 7.43. The lowest BCUT2D eigenvalue weighted by atomic mass is 10.2. The number of carbonyl (C=O) groups is 2. The predicted molar refractivity (Wildman–Crippen MR) is 106 cm³/mol. The zero-order valence-corrected chi connectivity index (χ0v) is 16.3. The summed E-state index contributed by atoms with van der Waals surface area (Å²) in [6, 6.07) is 10.2. The van der Waals surface area contributed by atoms with E-state index in [2.05, 4.69) is 15.8 Å².